The Bertz CT molecular complexity index is 550. The third-order valence-electron chi connectivity index (χ3n) is 1.90. The number of halogens is 1. The van der Waals surface area contributed by atoms with Crippen LogP contribution in [-0.4, -0.2) is 15.0 Å². The highest BCUT2D eigenvalue weighted by atomic mass is 79.9. The summed E-state index contributed by atoms with van der Waals surface area (Å²) in [6, 6.07) is 0. The van der Waals surface area contributed by atoms with E-state index in [0.717, 1.165) is 10.7 Å². The minimum atomic E-state index is -0.202. The van der Waals surface area contributed by atoms with Gasteiger partial charge in [-0.25, -0.2) is 9.97 Å². The van der Waals surface area contributed by atoms with E-state index in [0.29, 0.717) is 16.8 Å². The van der Waals surface area contributed by atoms with Gasteiger partial charge in [-0.1, -0.05) is 0 Å². The molecule has 0 fully saturated rings. The molecule has 0 amide bonds. The lowest BCUT2D eigenvalue weighted by atomic mass is 10.4. The molecule has 2 aromatic rings. The molecular formula is C9H9BrN4OS. The van der Waals surface area contributed by atoms with Gasteiger partial charge >= 0.3 is 0 Å². The smallest absolute Gasteiger partial charge is 0.267 e. The van der Waals surface area contributed by atoms with Crippen molar-refractivity contribution in [3.8, 4) is 0 Å². The first-order valence-corrected chi connectivity index (χ1v) is 6.22. The Balaban J connectivity index is 2.10. The third-order valence-corrected chi connectivity index (χ3v) is 3.46. The fourth-order valence-electron chi connectivity index (χ4n) is 1.17. The Labute approximate surface area is 104 Å². The van der Waals surface area contributed by atoms with Crippen LogP contribution in [0.4, 0.5) is 5.82 Å². The van der Waals surface area contributed by atoms with E-state index in [9.17, 15) is 4.79 Å². The largest absolute Gasteiger partial charge is 0.363 e. The maximum atomic E-state index is 11.3. The molecular weight excluding hydrogens is 292 g/mol. The highest BCUT2D eigenvalue weighted by Crippen LogP contribution is 2.15. The zero-order valence-corrected chi connectivity index (χ0v) is 10.9. The molecule has 0 saturated carbocycles. The Kier molecular flexibility index (Phi) is 3.35. The van der Waals surface area contributed by atoms with Gasteiger partial charge in [0.1, 0.15) is 10.3 Å². The maximum absolute atomic E-state index is 11.3. The summed E-state index contributed by atoms with van der Waals surface area (Å²) in [4.78, 5) is 22.1. The third kappa shape index (κ3) is 2.48. The molecule has 16 heavy (non-hydrogen) atoms. The van der Waals surface area contributed by atoms with E-state index >= 15 is 0 Å². The summed E-state index contributed by atoms with van der Waals surface area (Å²) in [5.74, 6) is 0.523. The number of aromatic amines is 1. The van der Waals surface area contributed by atoms with Crippen molar-refractivity contribution < 1.29 is 0 Å². The number of thiazole rings is 1. The van der Waals surface area contributed by atoms with Crippen LogP contribution in [0.2, 0.25) is 0 Å². The topological polar surface area (TPSA) is 70.7 Å². The Morgan fingerprint density at radius 1 is 1.62 bits per heavy atom. The molecule has 0 radical (unpaired) electrons. The SMILES string of the molecule is Cc1nc(CNc2nc[nH]c(=O)c2Br)cs1. The van der Waals surface area contributed by atoms with Crippen molar-refractivity contribution in [3.63, 3.8) is 0 Å². The van der Waals surface area contributed by atoms with Gasteiger partial charge in [-0.3, -0.25) is 4.79 Å². The molecule has 0 aliphatic rings. The molecule has 2 aromatic heterocycles. The average molecular weight is 301 g/mol. The molecule has 0 bridgehead atoms. The summed E-state index contributed by atoms with van der Waals surface area (Å²) in [6.45, 7) is 2.51. The summed E-state index contributed by atoms with van der Waals surface area (Å²) in [5, 5.41) is 6.05. The second-order valence-electron chi connectivity index (χ2n) is 3.11. The normalized spacial score (nSPS) is 10.4. The zero-order chi connectivity index (χ0) is 11.5. The summed E-state index contributed by atoms with van der Waals surface area (Å²) in [5.41, 5.74) is 0.739. The van der Waals surface area contributed by atoms with Crippen LogP contribution in [-0.2, 0) is 6.54 Å². The summed E-state index contributed by atoms with van der Waals surface area (Å²) in [7, 11) is 0. The van der Waals surface area contributed by atoms with E-state index in [1.807, 2.05) is 12.3 Å². The van der Waals surface area contributed by atoms with Crippen molar-refractivity contribution in [3.05, 3.63) is 37.2 Å². The predicted molar refractivity (Wildman–Crippen MR) is 66.7 cm³/mol. The van der Waals surface area contributed by atoms with Gasteiger partial charge < -0.3 is 10.3 Å². The summed E-state index contributed by atoms with van der Waals surface area (Å²) >= 11 is 4.77. The highest BCUT2D eigenvalue weighted by molar-refractivity contribution is 9.10. The second kappa shape index (κ2) is 4.75. The number of anilines is 1. The molecule has 7 heteroatoms. The number of hydrogen-bond acceptors (Lipinski definition) is 5. The second-order valence-corrected chi connectivity index (χ2v) is 4.96. The average Bonchev–Trinajstić information content (AvgIpc) is 2.67. The van der Waals surface area contributed by atoms with Crippen LogP contribution in [0.25, 0.3) is 0 Å². The molecule has 0 saturated heterocycles. The van der Waals surface area contributed by atoms with Crippen LogP contribution >= 0.6 is 27.3 Å². The van der Waals surface area contributed by atoms with Crippen molar-refractivity contribution >= 4 is 33.1 Å². The minimum absolute atomic E-state index is 0.202. The van der Waals surface area contributed by atoms with Gasteiger partial charge in [0.2, 0.25) is 0 Å². The summed E-state index contributed by atoms with van der Waals surface area (Å²) < 4.78 is 0.405. The van der Waals surface area contributed by atoms with Gasteiger partial charge in [-0.2, -0.15) is 0 Å². The fraction of sp³-hybridized carbons (Fsp3) is 0.222. The molecule has 0 aliphatic carbocycles. The van der Waals surface area contributed by atoms with Crippen molar-refractivity contribution in [2.45, 2.75) is 13.5 Å². The first kappa shape index (κ1) is 11.3. The Hall–Kier alpha value is -1.21. The van der Waals surface area contributed by atoms with Crippen LogP contribution in [0.3, 0.4) is 0 Å². The van der Waals surface area contributed by atoms with E-state index in [4.69, 9.17) is 0 Å². The van der Waals surface area contributed by atoms with Gasteiger partial charge in [-0.15, -0.1) is 11.3 Å². The van der Waals surface area contributed by atoms with E-state index in [1.54, 1.807) is 11.3 Å². The summed E-state index contributed by atoms with van der Waals surface area (Å²) in [6.07, 6.45) is 1.36. The number of hydrogen-bond donors (Lipinski definition) is 2. The van der Waals surface area contributed by atoms with Crippen molar-refractivity contribution in [2.75, 3.05) is 5.32 Å². The molecule has 5 nitrogen and oxygen atoms in total. The first-order valence-electron chi connectivity index (χ1n) is 4.55. The van der Waals surface area contributed by atoms with Crippen molar-refractivity contribution in [1.82, 2.24) is 15.0 Å². The van der Waals surface area contributed by atoms with E-state index in [-0.39, 0.29) is 5.56 Å². The lowest BCUT2D eigenvalue weighted by molar-refractivity contribution is 1.01. The fourth-order valence-corrected chi connectivity index (χ4v) is 2.14. The van der Waals surface area contributed by atoms with Crippen LogP contribution in [0.5, 0.6) is 0 Å². The van der Waals surface area contributed by atoms with E-state index < -0.39 is 0 Å². The quantitative estimate of drug-likeness (QED) is 0.908. The standard InChI is InChI=1S/C9H9BrN4OS/c1-5-14-6(3-16-5)2-11-8-7(10)9(15)13-4-12-8/h3-4H,2H2,1H3,(H2,11,12,13,15). The molecule has 0 aliphatic heterocycles. The number of aryl methyl sites for hydroxylation is 1. The number of aromatic nitrogens is 3. The predicted octanol–water partition coefficient (Wildman–Crippen LogP) is 1.91. The Morgan fingerprint density at radius 3 is 3.12 bits per heavy atom. The van der Waals surface area contributed by atoms with Gasteiger partial charge in [0.25, 0.3) is 5.56 Å². The lowest BCUT2D eigenvalue weighted by Crippen LogP contribution is -2.12. The highest BCUT2D eigenvalue weighted by Gasteiger charge is 2.05. The van der Waals surface area contributed by atoms with Gasteiger partial charge in [0, 0.05) is 5.38 Å². The molecule has 0 atom stereocenters. The van der Waals surface area contributed by atoms with E-state index in [2.05, 4.69) is 36.2 Å². The molecule has 0 spiro atoms. The van der Waals surface area contributed by atoms with Crippen LogP contribution in [0.1, 0.15) is 10.7 Å². The number of H-pyrrole nitrogens is 1. The van der Waals surface area contributed by atoms with Gasteiger partial charge in [0.15, 0.2) is 0 Å². The molecule has 0 aromatic carbocycles. The minimum Gasteiger partial charge on any atom is -0.363 e. The first-order chi connectivity index (χ1) is 7.66. The number of rotatable bonds is 3. The molecule has 2 N–H and O–H groups in total. The van der Waals surface area contributed by atoms with E-state index in [1.165, 1.54) is 6.33 Å². The number of nitrogens with zero attached hydrogens (tertiary/aromatic N) is 2. The molecule has 0 unspecified atom stereocenters. The maximum Gasteiger partial charge on any atom is 0.267 e. The van der Waals surface area contributed by atoms with Crippen LogP contribution in [0, 0.1) is 6.92 Å². The van der Waals surface area contributed by atoms with Gasteiger partial charge in [-0.05, 0) is 22.9 Å². The van der Waals surface area contributed by atoms with Crippen molar-refractivity contribution in [2.24, 2.45) is 0 Å². The van der Waals surface area contributed by atoms with Crippen LogP contribution in [0.15, 0.2) is 21.0 Å². The monoisotopic (exact) mass is 300 g/mol. The number of nitrogens with one attached hydrogen (secondary N) is 2. The van der Waals surface area contributed by atoms with Crippen LogP contribution < -0.4 is 10.9 Å². The Morgan fingerprint density at radius 2 is 2.44 bits per heavy atom. The molecule has 2 heterocycles. The lowest BCUT2D eigenvalue weighted by Gasteiger charge is -2.03. The van der Waals surface area contributed by atoms with Gasteiger partial charge in [0.05, 0.1) is 23.6 Å². The zero-order valence-electron chi connectivity index (χ0n) is 8.45. The molecule has 84 valence electrons. The van der Waals surface area contributed by atoms with Crippen molar-refractivity contribution in [1.29, 1.82) is 0 Å². The molecule has 2 rings (SSSR count).